The summed E-state index contributed by atoms with van der Waals surface area (Å²) in [6.07, 6.45) is -4.63. The van der Waals surface area contributed by atoms with Gasteiger partial charge in [-0.1, -0.05) is 23.7 Å². The maximum atomic E-state index is 12.9. The van der Waals surface area contributed by atoms with E-state index in [0.29, 0.717) is 10.6 Å². The molecule has 0 fully saturated rings. The first-order chi connectivity index (χ1) is 10.3. The van der Waals surface area contributed by atoms with Crippen molar-refractivity contribution >= 4 is 34.9 Å². The van der Waals surface area contributed by atoms with E-state index >= 15 is 0 Å². The van der Waals surface area contributed by atoms with Gasteiger partial charge in [0.25, 0.3) is 0 Å². The second-order valence-electron chi connectivity index (χ2n) is 4.08. The van der Waals surface area contributed by atoms with Crippen LogP contribution in [0, 0.1) is 0 Å². The molecule has 4 N–H and O–H groups in total. The first-order valence-electron chi connectivity index (χ1n) is 5.79. The number of hydrogen-bond donors (Lipinski definition) is 3. The molecule has 1 aromatic carbocycles. The van der Waals surface area contributed by atoms with Crippen LogP contribution in [0.1, 0.15) is 5.69 Å². The second-order valence-corrected chi connectivity index (χ2v) is 4.96. The molecule has 0 saturated heterocycles. The third kappa shape index (κ3) is 4.18. The normalized spacial score (nSPS) is 11.1. The number of rotatable bonds is 3. The first kappa shape index (κ1) is 16.2. The zero-order valence-electron chi connectivity index (χ0n) is 10.8. The molecule has 0 unspecified atom stereocenters. The van der Waals surface area contributed by atoms with Crippen molar-refractivity contribution in [3.63, 3.8) is 0 Å². The molecule has 22 heavy (non-hydrogen) atoms. The molecule has 0 aliphatic rings. The number of hydrazine groups is 1. The van der Waals surface area contributed by atoms with E-state index in [2.05, 4.69) is 33.0 Å². The Bertz CT molecular complexity index is 707. The molecule has 0 aliphatic heterocycles. The van der Waals surface area contributed by atoms with E-state index in [1.807, 2.05) is 0 Å². The van der Waals surface area contributed by atoms with Crippen molar-refractivity contribution in [2.45, 2.75) is 6.18 Å². The van der Waals surface area contributed by atoms with Crippen LogP contribution in [-0.2, 0) is 6.18 Å². The molecule has 0 aliphatic carbocycles. The van der Waals surface area contributed by atoms with Crippen LogP contribution in [0.15, 0.2) is 30.3 Å². The molecule has 5 nitrogen and oxygen atoms in total. The van der Waals surface area contributed by atoms with Crippen molar-refractivity contribution in [3.8, 4) is 11.3 Å². The number of halogens is 4. The van der Waals surface area contributed by atoms with Gasteiger partial charge in [0.2, 0.25) is 5.95 Å². The molecule has 0 amide bonds. The third-order valence-corrected chi connectivity index (χ3v) is 2.77. The molecule has 0 atom stereocenters. The van der Waals surface area contributed by atoms with Crippen molar-refractivity contribution in [2.24, 2.45) is 5.73 Å². The van der Waals surface area contributed by atoms with Crippen LogP contribution in [0.25, 0.3) is 11.3 Å². The lowest BCUT2D eigenvalue weighted by Gasteiger charge is -2.12. The van der Waals surface area contributed by atoms with Gasteiger partial charge in [-0.15, -0.1) is 0 Å². The summed E-state index contributed by atoms with van der Waals surface area (Å²) in [6, 6.07) is 7.11. The van der Waals surface area contributed by atoms with Crippen molar-refractivity contribution in [3.05, 3.63) is 41.0 Å². The maximum absolute atomic E-state index is 12.9. The molecule has 116 valence electrons. The van der Waals surface area contributed by atoms with Gasteiger partial charge in [-0.2, -0.15) is 13.2 Å². The van der Waals surface area contributed by atoms with Gasteiger partial charge in [0.1, 0.15) is 0 Å². The molecular weight excluding hydrogens is 339 g/mol. The lowest BCUT2D eigenvalue weighted by molar-refractivity contribution is -0.141. The van der Waals surface area contributed by atoms with Crippen LogP contribution in [0.4, 0.5) is 19.1 Å². The molecule has 10 heteroatoms. The number of nitrogens with one attached hydrogen (secondary N) is 2. The fourth-order valence-electron chi connectivity index (χ4n) is 1.56. The Hall–Kier alpha value is -2.13. The molecule has 2 aromatic rings. The Kier molecular flexibility index (Phi) is 4.67. The second kappa shape index (κ2) is 6.32. The van der Waals surface area contributed by atoms with E-state index < -0.39 is 11.9 Å². The molecule has 0 radical (unpaired) electrons. The standard InChI is InChI=1S/C12H9ClF3N5S/c13-7-3-1-2-6(4-7)8-5-9(12(14,15)16)19-11(18-8)21-20-10(17)22/h1-5H,(H3,17,20,22)(H,18,19,21). The van der Waals surface area contributed by atoms with E-state index in [1.165, 1.54) is 6.07 Å². The maximum Gasteiger partial charge on any atom is 0.433 e. The van der Waals surface area contributed by atoms with Crippen LogP contribution < -0.4 is 16.6 Å². The number of anilines is 1. The highest BCUT2D eigenvalue weighted by Gasteiger charge is 2.33. The third-order valence-electron chi connectivity index (χ3n) is 2.43. The number of aromatic nitrogens is 2. The average molecular weight is 348 g/mol. The SMILES string of the molecule is NC(=S)NNc1nc(-c2cccc(Cl)c2)cc(C(F)(F)F)n1. The zero-order valence-corrected chi connectivity index (χ0v) is 12.4. The molecule has 0 bridgehead atoms. The Morgan fingerprint density at radius 2 is 1.95 bits per heavy atom. The molecule has 1 aromatic heterocycles. The quantitative estimate of drug-likeness (QED) is 0.585. The molecule has 1 heterocycles. The van der Waals surface area contributed by atoms with Crippen molar-refractivity contribution in [2.75, 3.05) is 5.43 Å². The Morgan fingerprint density at radius 1 is 1.23 bits per heavy atom. The van der Waals surface area contributed by atoms with E-state index in [1.54, 1.807) is 18.2 Å². The average Bonchev–Trinajstić information content (AvgIpc) is 2.44. The van der Waals surface area contributed by atoms with E-state index in [9.17, 15) is 13.2 Å². The Balaban J connectivity index is 2.48. The molecule has 0 spiro atoms. The van der Waals surface area contributed by atoms with E-state index in [4.69, 9.17) is 17.3 Å². The monoisotopic (exact) mass is 347 g/mol. The molecule has 0 saturated carbocycles. The summed E-state index contributed by atoms with van der Waals surface area (Å²) >= 11 is 10.4. The summed E-state index contributed by atoms with van der Waals surface area (Å²) in [5, 5.41) is 0.214. The van der Waals surface area contributed by atoms with Gasteiger partial charge in [-0.3, -0.25) is 10.9 Å². The van der Waals surface area contributed by atoms with Crippen LogP contribution >= 0.6 is 23.8 Å². The predicted octanol–water partition coefficient (Wildman–Crippen LogP) is 2.98. The minimum absolute atomic E-state index is 0.0528. The Morgan fingerprint density at radius 3 is 2.55 bits per heavy atom. The van der Waals surface area contributed by atoms with Gasteiger partial charge < -0.3 is 5.73 Å². The lowest BCUT2D eigenvalue weighted by Crippen LogP contribution is -2.35. The summed E-state index contributed by atoms with van der Waals surface area (Å²) < 4.78 is 38.8. The summed E-state index contributed by atoms with van der Waals surface area (Å²) in [5.74, 6) is -0.322. The fourth-order valence-corrected chi connectivity index (χ4v) is 1.80. The van der Waals surface area contributed by atoms with Crippen LogP contribution in [0.5, 0.6) is 0 Å². The minimum atomic E-state index is -4.63. The minimum Gasteiger partial charge on any atom is -0.375 e. The highest BCUT2D eigenvalue weighted by molar-refractivity contribution is 7.80. The fraction of sp³-hybridized carbons (Fsp3) is 0.0833. The number of hydrogen-bond acceptors (Lipinski definition) is 4. The summed E-state index contributed by atoms with van der Waals surface area (Å²) in [6.45, 7) is 0. The van der Waals surface area contributed by atoms with Crippen molar-refractivity contribution in [1.29, 1.82) is 0 Å². The first-order valence-corrected chi connectivity index (χ1v) is 6.58. The highest BCUT2D eigenvalue weighted by Crippen LogP contribution is 2.31. The number of thiocarbonyl (C=S) groups is 1. The topological polar surface area (TPSA) is 75.9 Å². The van der Waals surface area contributed by atoms with Crippen molar-refractivity contribution < 1.29 is 13.2 Å². The Labute approximate surface area is 133 Å². The number of alkyl halides is 3. The van der Waals surface area contributed by atoms with Crippen molar-refractivity contribution in [1.82, 2.24) is 15.4 Å². The van der Waals surface area contributed by atoms with E-state index in [0.717, 1.165) is 6.07 Å². The van der Waals surface area contributed by atoms with Gasteiger partial charge in [0.05, 0.1) is 5.69 Å². The highest BCUT2D eigenvalue weighted by atomic mass is 35.5. The van der Waals surface area contributed by atoms with Crippen LogP contribution in [-0.4, -0.2) is 15.1 Å². The predicted molar refractivity (Wildman–Crippen MR) is 81.0 cm³/mol. The van der Waals surface area contributed by atoms with Gasteiger partial charge in [0, 0.05) is 10.6 Å². The van der Waals surface area contributed by atoms with Crippen LogP contribution in [0.2, 0.25) is 5.02 Å². The zero-order chi connectivity index (χ0) is 16.3. The number of benzene rings is 1. The number of nitrogens with two attached hydrogens (primary N) is 1. The number of nitrogens with zero attached hydrogens (tertiary/aromatic N) is 2. The van der Waals surface area contributed by atoms with Gasteiger partial charge in [-0.05, 0) is 30.4 Å². The lowest BCUT2D eigenvalue weighted by atomic mass is 10.1. The largest absolute Gasteiger partial charge is 0.433 e. The summed E-state index contributed by atoms with van der Waals surface area (Å²) in [7, 11) is 0. The molecule has 2 rings (SSSR count). The summed E-state index contributed by atoms with van der Waals surface area (Å²) in [5.41, 5.74) is 9.14. The smallest absolute Gasteiger partial charge is 0.375 e. The van der Waals surface area contributed by atoms with Crippen LogP contribution in [0.3, 0.4) is 0 Å². The van der Waals surface area contributed by atoms with Gasteiger partial charge in [-0.25, -0.2) is 9.97 Å². The summed E-state index contributed by atoms with van der Waals surface area (Å²) in [4.78, 5) is 7.34. The molecular formula is C12H9ClF3N5S. The van der Waals surface area contributed by atoms with Gasteiger partial charge in [0.15, 0.2) is 10.8 Å². The van der Waals surface area contributed by atoms with Gasteiger partial charge >= 0.3 is 6.18 Å². The van der Waals surface area contributed by atoms with E-state index in [-0.39, 0.29) is 16.8 Å².